The van der Waals surface area contributed by atoms with E-state index in [-0.39, 0.29) is 5.97 Å². The lowest BCUT2D eigenvalue weighted by molar-refractivity contribution is 0.00695. The summed E-state index contributed by atoms with van der Waals surface area (Å²) < 4.78 is 7.76. The molecule has 1 N–H and O–H groups in total. The van der Waals surface area contributed by atoms with E-state index in [9.17, 15) is 4.79 Å². The quantitative estimate of drug-likeness (QED) is 0.651. The number of benzene rings is 1. The molecule has 0 aliphatic rings. The molecule has 0 amide bonds. The number of carbonyl (C=O) groups excluding carboxylic acids is 1. The fourth-order valence-electron chi connectivity index (χ4n) is 2.46. The van der Waals surface area contributed by atoms with Gasteiger partial charge in [0.1, 0.15) is 22.3 Å². The lowest BCUT2D eigenvalue weighted by Gasteiger charge is -2.19. The highest BCUT2D eigenvalue weighted by atomic mass is 79.9. The van der Waals surface area contributed by atoms with E-state index >= 15 is 0 Å². The summed E-state index contributed by atoms with van der Waals surface area (Å²) in [7, 11) is 1.83. The second kappa shape index (κ2) is 7.03. The Balaban J connectivity index is 1.72. The van der Waals surface area contributed by atoms with Crippen LogP contribution in [0, 0.1) is 0 Å². The van der Waals surface area contributed by atoms with Crippen LogP contribution in [0.25, 0.3) is 11.0 Å². The van der Waals surface area contributed by atoms with Gasteiger partial charge in [0, 0.05) is 13.6 Å². The highest BCUT2D eigenvalue weighted by molar-refractivity contribution is 9.10. The van der Waals surface area contributed by atoms with E-state index in [1.807, 2.05) is 40.0 Å². The average molecular weight is 418 g/mol. The molecule has 0 bridgehead atoms. The predicted octanol–water partition coefficient (Wildman–Crippen LogP) is 3.69. The van der Waals surface area contributed by atoms with Crippen LogP contribution in [0.3, 0.4) is 0 Å². The number of aryl methyl sites for hydroxylation is 1. The van der Waals surface area contributed by atoms with Gasteiger partial charge < -0.3 is 10.1 Å². The van der Waals surface area contributed by atoms with Crippen molar-refractivity contribution in [1.82, 2.24) is 19.7 Å². The molecule has 1 aromatic carbocycles. The van der Waals surface area contributed by atoms with E-state index in [0.717, 1.165) is 16.6 Å². The number of hydrogen-bond donors (Lipinski definition) is 1. The highest BCUT2D eigenvalue weighted by Crippen LogP contribution is 2.27. The smallest absolute Gasteiger partial charge is 0.338 e. The number of fused-ring (bicyclic) bond motifs is 1. The van der Waals surface area contributed by atoms with Crippen molar-refractivity contribution in [2.75, 3.05) is 5.32 Å². The topological polar surface area (TPSA) is 81.9 Å². The molecule has 3 rings (SSSR count). The zero-order valence-corrected chi connectivity index (χ0v) is 16.7. The molecule has 0 atom stereocenters. The number of esters is 1. The van der Waals surface area contributed by atoms with Crippen molar-refractivity contribution >= 4 is 38.8 Å². The largest absolute Gasteiger partial charge is 0.456 e. The van der Waals surface area contributed by atoms with Crippen molar-refractivity contribution < 1.29 is 9.53 Å². The van der Waals surface area contributed by atoms with Gasteiger partial charge in [0.05, 0.1) is 10.9 Å². The molecule has 0 radical (unpaired) electrons. The van der Waals surface area contributed by atoms with Crippen molar-refractivity contribution in [2.45, 2.75) is 32.9 Å². The predicted molar refractivity (Wildman–Crippen MR) is 103 cm³/mol. The summed E-state index contributed by atoms with van der Waals surface area (Å²) in [6, 6.07) is 7.31. The van der Waals surface area contributed by atoms with Gasteiger partial charge in [-0.25, -0.2) is 19.4 Å². The number of hydrogen-bond acceptors (Lipinski definition) is 6. The summed E-state index contributed by atoms with van der Waals surface area (Å²) in [6.07, 6.45) is 1.50. The van der Waals surface area contributed by atoms with Crippen LogP contribution in [0.2, 0.25) is 0 Å². The molecule has 0 spiro atoms. The Morgan fingerprint density at radius 2 is 1.92 bits per heavy atom. The van der Waals surface area contributed by atoms with Crippen LogP contribution in [-0.2, 0) is 18.3 Å². The van der Waals surface area contributed by atoms with Crippen molar-refractivity contribution in [3.8, 4) is 0 Å². The van der Waals surface area contributed by atoms with Crippen molar-refractivity contribution in [3.05, 3.63) is 46.3 Å². The molecule has 0 saturated heterocycles. The molecule has 0 unspecified atom stereocenters. The van der Waals surface area contributed by atoms with Crippen LogP contribution in [0.15, 0.2) is 35.2 Å². The molecule has 3 aromatic rings. The molecule has 2 heterocycles. The number of carbonyl (C=O) groups is 1. The zero-order chi connectivity index (χ0) is 18.9. The van der Waals surface area contributed by atoms with Gasteiger partial charge in [0.2, 0.25) is 0 Å². The Kier molecular flexibility index (Phi) is 4.95. The molecule has 0 fully saturated rings. The summed E-state index contributed by atoms with van der Waals surface area (Å²) >= 11 is 3.44. The standard InChI is InChI=1S/C18H20BrN5O2/c1-18(2,3)26-17(25)12-7-5-11(6-8-12)9-20-15-13-14(19)23-24(4)16(13)22-10-21-15/h5-8,10H,9H2,1-4H3,(H,20,21,22). The number of nitrogens with zero attached hydrogens (tertiary/aromatic N) is 4. The van der Waals surface area contributed by atoms with E-state index in [2.05, 4.69) is 36.3 Å². The first-order valence-electron chi connectivity index (χ1n) is 8.14. The van der Waals surface area contributed by atoms with Gasteiger partial charge in [-0.2, -0.15) is 5.10 Å². The lowest BCUT2D eigenvalue weighted by Crippen LogP contribution is -2.23. The summed E-state index contributed by atoms with van der Waals surface area (Å²) in [4.78, 5) is 20.6. The Bertz CT molecular complexity index is 945. The molecular formula is C18H20BrN5O2. The second-order valence-electron chi connectivity index (χ2n) is 6.89. The van der Waals surface area contributed by atoms with Crippen LogP contribution in [0.5, 0.6) is 0 Å². The lowest BCUT2D eigenvalue weighted by atomic mass is 10.1. The molecule has 26 heavy (non-hydrogen) atoms. The molecular weight excluding hydrogens is 398 g/mol. The van der Waals surface area contributed by atoms with E-state index in [4.69, 9.17) is 4.74 Å². The van der Waals surface area contributed by atoms with E-state index < -0.39 is 5.60 Å². The van der Waals surface area contributed by atoms with Gasteiger partial charge in [-0.15, -0.1) is 0 Å². The maximum Gasteiger partial charge on any atom is 0.338 e. The molecule has 136 valence electrons. The van der Waals surface area contributed by atoms with Crippen molar-refractivity contribution in [2.24, 2.45) is 7.05 Å². The highest BCUT2D eigenvalue weighted by Gasteiger charge is 2.18. The monoisotopic (exact) mass is 417 g/mol. The fraction of sp³-hybridized carbons (Fsp3) is 0.333. The maximum absolute atomic E-state index is 12.1. The molecule has 2 aromatic heterocycles. The zero-order valence-electron chi connectivity index (χ0n) is 15.1. The molecule has 0 aliphatic carbocycles. The SMILES string of the molecule is Cn1nc(Br)c2c(NCc3ccc(C(=O)OC(C)(C)C)cc3)ncnc21. The summed E-state index contributed by atoms with van der Waals surface area (Å²) in [5.41, 5.74) is 1.79. The first-order chi connectivity index (χ1) is 12.2. The normalized spacial score (nSPS) is 11.6. The third-order valence-corrected chi connectivity index (χ3v) is 4.18. The van der Waals surface area contributed by atoms with E-state index in [0.29, 0.717) is 22.5 Å². The summed E-state index contributed by atoms with van der Waals surface area (Å²) in [5, 5.41) is 8.43. The van der Waals surface area contributed by atoms with Crippen LogP contribution in [-0.4, -0.2) is 31.3 Å². The van der Waals surface area contributed by atoms with Crippen LogP contribution < -0.4 is 5.32 Å². The third kappa shape index (κ3) is 4.01. The minimum atomic E-state index is -0.507. The van der Waals surface area contributed by atoms with Crippen LogP contribution in [0.1, 0.15) is 36.7 Å². The molecule has 7 nitrogen and oxygen atoms in total. The van der Waals surface area contributed by atoms with Gasteiger partial charge in [0.25, 0.3) is 0 Å². The third-order valence-electron chi connectivity index (χ3n) is 3.63. The van der Waals surface area contributed by atoms with E-state index in [1.54, 1.807) is 16.8 Å². The van der Waals surface area contributed by atoms with Gasteiger partial charge in [-0.05, 0) is 54.4 Å². The number of halogens is 1. The van der Waals surface area contributed by atoms with Crippen LogP contribution in [0.4, 0.5) is 5.82 Å². The van der Waals surface area contributed by atoms with Gasteiger partial charge in [-0.3, -0.25) is 0 Å². The van der Waals surface area contributed by atoms with Gasteiger partial charge >= 0.3 is 5.97 Å². The maximum atomic E-state index is 12.1. The Labute approximate surface area is 159 Å². The van der Waals surface area contributed by atoms with Crippen LogP contribution >= 0.6 is 15.9 Å². The average Bonchev–Trinajstić information content (AvgIpc) is 2.87. The minimum absolute atomic E-state index is 0.325. The fourth-order valence-corrected chi connectivity index (χ4v) is 3.06. The Hall–Kier alpha value is -2.48. The Morgan fingerprint density at radius 3 is 2.58 bits per heavy atom. The van der Waals surface area contributed by atoms with Crippen molar-refractivity contribution in [3.63, 3.8) is 0 Å². The molecule has 0 aliphatic heterocycles. The van der Waals surface area contributed by atoms with E-state index in [1.165, 1.54) is 6.33 Å². The molecule has 0 saturated carbocycles. The second-order valence-corrected chi connectivity index (χ2v) is 7.64. The summed E-state index contributed by atoms with van der Waals surface area (Å²) in [6.45, 7) is 6.11. The number of aromatic nitrogens is 4. The van der Waals surface area contributed by atoms with Gasteiger partial charge in [0.15, 0.2) is 5.65 Å². The minimum Gasteiger partial charge on any atom is -0.456 e. The van der Waals surface area contributed by atoms with Gasteiger partial charge in [-0.1, -0.05) is 12.1 Å². The summed E-state index contributed by atoms with van der Waals surface area (Å²) in [5.74, 6) is 0.375. The van der Waals surface area contributed by atoms with Crippen molar-refractivity contribution in [1.29, 1.82) is 0 Å². The number of nitrogens with one attached hydrogen (secondary N) is 1. The number of rotatable bonds is 4. The first-order valence-corrected chi connectivity index (χ1v) is 8.93. The number of anilines is 1. The first kappa shape index (κ1) is 18.3. The Morgan fingerprint density at radius 1 is 1.23 bits per heavy atom. The number of ether oxygens (including phenoxy) is 1. The molecule has 8 heteroatoms.